The summed E-state index contributed by atoms with van der Waals surface area (Å²) < 4.78 is 12.9. The summed E-state index contributed by atoms with van der Waals surface area (Å²) in [6.07, 6.45) is 6.01. The molecule has 0 atom stereocenters. The van der Waals surface area contributed by atoms with Crippen molar-refractivity contribution in [3.05, 3.63) is 47.3 Å². The quantitative estimate of drug-likeness (QED) is 0.654. The molecular weight excluding hydrogens is 356 g/mol. The number of pyridine rings is 1. The van der Waals surface area contributed by atoms with Crippen LogP contribution in [0.25, 0.3) is 11.2 Å². The van der Waals surface area contributed by atoms with E-state index in [1.54, 1.807) is 18.3 Å². The monoisotopic (exact) mass is 382 g/mol. The van der Waals surface area contributed by atoms with E-state index in [1.165, 1.54) is 6.42 Å². The summed E-state index contributed by atoms with van der Waals surface area (Å²) in [7, 11) is 1.64. The number of fused-ring (bicyclic) bond motifs is 3. The Balaban J connectivity index is 1.74. The van der Waals surface area contributed by atoms with Crippen LogP contribution in [-0.2, 0) is 24.2 Å². The SMILES string of the molecule is COCCN(Cc1ccco1)C(=O)c1cc(C)nc2c1nc1n2CCCCC1. The molecule has 148 valence electrons. The first kappa shape index (κ1) is 18.7. The molecule has 0 saturated carbocycles. The number of aromatic nitrogens is 3. The van der Waals surface area contributed by atoms with Crippen LogP contribution in [0, 0.1) is 6.92 Å². The molecule has 0 N–H and O–H groups in total. The van der Waals surface area contributed by atoms with E-state index in [-0.39, 0.29) is 5.91 Å². The number of rotatable bonds is 6. The second-order valence-electron chi connectivity index (χ2n) is 7.27. The van der Waals surface area contributed by atoms with Gasteiger partial charge in [-0.25, -0.2) is 9.97 Å². The molecule has 0 fully saturated rings. The van der Waals surface area contributed by atoms with Crippen LogP contribution >= 0.6 is 0 Å². The summed E-state index contributed by atoms with van der Waals surface area (Å²) in [4.78, 5) is 24.8. The van der Waals surface area contributed by atoms with Gasteiger partial charge in [0.1, 0.15) is 17.1 Å². The van der Waals surface area contributed by atoms with Crippen molar-refractivity contribution in [3.8, 4) is 0 Å². The Kier molecular flexibility index (Phi) is 5.43. The molecule has 7 nitrogen and oxygen atoms in total. The lowest BCUT2D eigenvalue weighted by molar-refractivity contribution is 0.0668. The zero-order chi connectivity index (χ0) is 19.5. The van der Waals surface area contributed by atoms with Gasteiger partial charge in [0.25, 0.3) is 5.91 Å². The van der Waals surface area contributed by atoms with Gasteiger partial charge in [0, 0.05) is 32.3 Å². The smallest absolute Gasteiger partial charge is 0.256 e. The topological polar surface area (TPSA) is 73.4 Å². The zero-order valence-corrected chi connectivity index (χ0v) is 16.5. The minimum Gasteiger partial charge on any atom is -0.467 e. The van der Waals surface area contributed by atoms with Crippen LogP contribution in [0.1, 0.15) is 46.9 Å². The summed E-state index contributed by atoms with van der Waals surface area (Å²) in [6.45, 7) is 4.17. The maximum absolute atomic E-state index is 13.5. The Labute approximate surface area is 164 Å². The molecule has 28 heavy (non-hydrogen) atoms. The van der Waals surface area contributed by atoms with E-state index in [4.69, 9.17) is 19.1 Å². The highest BCUT2D eigenvalue weighted by molar-refractivity contribution is 6.04. The second kappa shape index (κ2) is 8.14. The van der Waals surface area contributed by atoms with Crippen LogP contribution in [0.5, 0.6) is 0 Å². The zero-order valence-electron chi connectivity index (χ0n) is 16.5. The van der Waals surface area contributed by atoms with Crippen molar-refractivity contribution in [3.63, 3.8) is 0 Å². The first-order valence-corrected chi connectivity index (χ1v) is 9.84. The van der Waals surface area contributed by atoms with Crippen molar-refractivity contribution in [1.82, 2.24) is 19.4 Å². The number of carbonyl (C=O) groups is 1. The largest absolute Gasteiger partial charge is 0.467 e. The fraction of sp³-hybridized carbons (Fsp3) is 0.476. The molecule has 7 heteroatoms. The van der Waals surface area contributed by atoms with E-state index in [2.05, 4.69) is 4.57 Å². The van der Waals surface area contributed by atoms with Gasteiger partial charge in [0.15, 0.2) is 5.65 Å². The van der Waals surface area contributed by atoms with E-state index in [0.717, 1.165) is 48.7 Å². The third-order valence-electron chi connectivity index (χ3n) is 5.20. The maximum Gasteiger partial charge on any atom is 0.256 e. The highest BCUT2D eigenvalue weighted by Gasteiger charge is 2.24. The Hall–Kier alpha value is -2.67. The number of carbonyl (C=O) groups excluding carboxylic acids is 1. The molecule has 1 amide bonds. The van der Waals surface area contributed by atoms with E-state index in [1.807, 2.05) is 25.1 Å². The lowest BCUT2D eigenvalue weighted by Crippen LogP contribution is -2.33. The van der Waals surface area contributed by atoms with Crippen LogP contribution in [0.15, 0.2) is 28.9 Å². The second-order valence-corrected chi connectivity index (χ2v) is 7.27. The maximum atomic E-state index is 13.5. The summed E-state index contributed by atoms with van der Waals surface area (Å²) in [5.41, 5.74) is 2.96. The standard InChI is InChI=1S/C21H26N4O3/c1-15-13-17(19-20(22-15)25-9-5-3-4-8-18(25)23-19)21(26)24(10-12-27-2)14-16-7-6-11-28-16/h6-7,11,13H,3-5,8-10,12,14H2,1-2H3. The highest BCUT2D eigenvalue weighted by Crippen LogP contribution is 2.25. The summed E-state index contributed by atoms with van der Waals surface area (Å²) in [5, 5.41) is 0. The lowest BCUT2D eigenvalue weighted by Gasteiger charge is -2.21. The average Bonchev–Trinajstić information content (AvgIpc) is 3.25. The van der Waals surface area contributed by atoms with Gasteiger partial charge in [-0.1, -0.05) is 6.42 Å². The number of aryl methyl sites for hydroxylation is 3. The molecule has 3 aromatic rings. The van der Waals surface area contributed by atoms with Gasteiger partial charge in [0.05, 0.1) is 25.0 Å². The van der Waals surface area contributed by atoms with Crippen LogP contribution in [-0.4, -0.2) is 45.6 Å². The van der Waals surface area contributed by atoms with Crippen molar-refractivity contribution in [2.24, 2.45) is 0 Å². The number of nitrogens with zero attached hydrogens (tertiary/aromatic N) is 4. The molecule has 4 rings (SSSR count). The Morgan fingerprint density at radius 1 is 1.32 bits per heavy atom. The molecule has 0 aliphatic carbocycles. The molecule has 4 heterocycles. The van der Waals surface area contributed by atoms with Crippen LogP contribution < -0.4 is 0 Å². The number of hydrogen-bond acceptors (Lipinski definition) is 5. The minimum absolute atomic E-state index is 0.0720. The van der Waals surface area contributed by atoms with E-state index < -0.39 is 0 Å². The summed E-state index contributed by atoms with van der Waals surface area (Å²) >= 11 is 0. The third-order valence-corrected chi connectivity index (χ3v) is 5.20. The van der Waals surface area contributed by atoms with Gasteiger partial charge >= 0.3 is 0 Å². The molecule has 1 aliphatic heterocycles. The predicted octanol–water partition coefficient (Wildman–Crippen LogP) is 3.35. The average molecular weight is 382 g/mol. The third kappa shape index (κ3) is 3.67. The summed E-state index contributed by atoms with van der Waals surface area (Å²) in [5.74, 6) is 1.71. The normalized spacial score (nSPS) is 14.1. The Morgan fingerprint density at radius 3 is 3.00 bits per heavy atom. The molecule has 0 bridgehead atoms. The van der Waals surface area contributed by atoms with Crippen molar-refractivity contribution in [2.75, 3.05) is 20.3 Å². The van der Waals surface area contributed by atoms with Gasteiger partial charge in [0.2, 0.25) is 0 Å². The molecule has 0 unspecified atom stereocenters. The number of furan rings is 1. The Bertz CT molecular complexity index is 962. The fourth-order valence-corrected chi connectivity index (χ4v) is 3.79. The number of imidazole rings is 1. The van der Waals surface area contributed by atoms with Crippen LogP contribution in [0.2, 0.25) is 0 Å². The predicted molar refractivity (Wildman–Crippen MR) is 105 cm³/mol. The number of ether oxygens (including phenoxy) is 1. The number of amides is 1. The number of methoxy groups -OCH3 is 1. The lowest BCUT2D eigenvalue weighted by atomic mass is 10.1. The first-order chi connectivity index (χ1) is 13.7. The van der Waals surface area contributed by atoms with Gasteiger partial charge in [-0.2, -0.15) is 0 Å². The molecule has 0 radical (unpaired) electrons. The van der Waals surface area contributed by atoms with Gasteiger partial charge in [-0.3, -0.25) is 4.79 Å². The molecule has 0 aromatic carbocycles. The number of hydrogen-bond donors (Lipinski definition) is 0. The van der Waals surface area contributed by atoms with Crippen LogP contribution in [0.3, 0.4) is 0 Å². The summed E-state index contributed by atoms with van der Waals surface area (Å²) in [6, 6.07) is 5.55. The fourth-order valence-electron chi connectivity index (χ4n) is 3.79. The van der Waals surface area contributed by atoms with Gasteiger partial charge < -0.3 is 18.6 Å². The molecule has 0 spiro atoms. The van der Waals surface area contributed by atoms with E-state index in [0.29, 0.717) is 30.8 Å². The first-order valence-electron chi connectivity index (χ1n) is 9.84. The van der Waals surface area contributed by atoms with E-state index >= 15 is 0 Å². The van der Waals surface area contributed by atoms with Gasteiger partial charge in [-0.05, 0) is 38.0 Å². The minimum atomic E-state index is -0.0720. The highest BCUT2D eigenvalue weighted by atomic mass is 16.5. The van der Waals surface area contributed by atoms with Crippen LogP contribution in [0.4, 0.5) is 0 Å². The van der Waals surface area contributed by atoms with Crippen molar-refractivity contribution < 1.29 is 13.9 Å². The van der Waals surface area contributed by atoms with Crippen molar-refractivity contribution in [2.45, 2.75) is 45.7 Å². The van der Waals surface area contributed by atoms with Gasteiger partial charge in [-0.15, -0.1) is 0 Å². The Morgan fingerprint density at radius 2 is 2.21 bits per heavy atom. The van der Waals surface area contributed by atoms with Crippen molar-refractivity contribution >= 4 is 17.1 Å². The molecule has 1 aliphatic rings. The molecule has 3 aromatic heterocycles. The van der Waals surface area contributed by atoms with Crippen molar-refractivity contribution in [1.29, 1.82) is 0 Å². The molecular formula is C21H26N4O3. The van der Waals surface area contributed by atoms with E-state index in [9.17, 15) is 4.79 Å². The molecule has 0 saturated heterocycles.